The summed E-state index contributed by atoms with van der Waals surface area (Å²) in [5.41, 5.74) is -4.51. The Labute approximate surface area is 208 Å². The first kappa shape index (κ1) is 27.5. The average molecular weight is 579 g/mol. The van der Waals surface area contributed by atoms with Crippen LogP contribution in [0, 0.1) is 0 Å². The van der Waals surface area contributed by atoms with Crippen molar-refractivity contribution in [2.75, 3.05) is 23.8 Å². The van der Waals surface area contributed by atoms with Crippen molar-refractivity contribution < 1.29 is 41.1 Å². The van der Waals surface area contributed by atoms with Gasteiger partial charge in [0.25, 0.3) is 16.1 Å². The van der Waals surface area contributed by atoms with Gasteiger partial charge in [-0.3, -0.25) is 14.5 Å². The maximum atomic E-state index is 12.5. The predicted octanol–water partition coefficient (Wildman–Crippen LogP) is -1.45. The number of β-lactam (4-membered cyclic amide) rings is 1. The number of carboxylic acid groups (broad SMARTS) is 1. The second-order valence-electron chi connectivity index (χ2n) is 6.86. The van der Waals surface area contributed by atoms with Gasteiger partial charge in [-0.1, -0.05) is 11.8 Å². The van der Waals surface area contributed by atoms with Gasteiger partial charge in [0, 0.05) is 18.1 Å². The van der Waals surface area contributed by atoms with Crippen LogP contribution < -0.4 is 15.2 Å². The van der Waals surface area contributed by atoms with Crippen LogP contribution in [-0.4, -0.2) is 97.1 Å². The number of carbonyl (C=O) groups excluding carboxylic acids is 2. The molecule has 3 heterocycles. The maximum absolute atomic E-state index is 12.5. The predicted molar refractivity (Wildman–Crippen MR) is 118 cm³/mol. The molecule has 1 aromatic rings. The van der Waals surface area contributed by atoms with Crippen LogP contribution in [0.4, 0.5) is 13.2 Å². The lowest BCUT2D eigenvalue weighted by Crippen LogP contribution is -2.70. The number of carboxylic acids is 1. The van der Waals surface area contributed by atoms with E-state index in [4.69, 9.17) is 5.14 Å². The highest BCUT2D eigenvalue weighted by atomic mass is 32.2. The summed E-state index contributed by atoms with van der Waals surface area (Å²) in [6, 6.07) is -1.14. The molecule has 0 bridgehead atoms. The quantitative estimate of drug-likeness (QED) is 0.176. The highest BCUT2D eigenvalue weighted by Crippen LogP contribution is 2.41. The van der Waals surface area contributed by atoms with Gasteiger partial charge >= 0.3 is 11.5 Å². The number of aromatic nitrogens is 4. The van der Waals surface area contributed by atoms with E-state index in [0.717, 1.165) is 28.4 Å². The summed E-state index contributed by atoms with van der Waals surface area (Å²) in [5, 5.41) is 27.3. The van der Waals surface area contributed by atoms with E-state index >= 15 is 0 Å². The summed E-state index contributed by atoms with van der Waals surface area (Å²) in [6.07, 6.45) is 0. The normalized spacial score (nSPS) is 20.5. The lowest BCUT2D eigenvalue weighted by Gasteiger charge is -2.49. The highest BCUT2D eigenvalue weighted by Gasteiger charge is 2.54. The zero-order valence-corrected chi connectivity index (χ0v) is 20.5. The number of rotatable bonds is 11. The Morgan fingerprint density at radius 1 is 1.34 bits per heavy atom. The van der Waals surface area contributed by atoms with Gasteiger partial charge in [-0.2, -0.15) is 21.6 Å². The molecule has 35 heavy (non-hydrogen) atoms. The number of halogens is 3. The Hall–Kier alpha value is -2.07. The number of hydrogen-bond acceptors (Lipinski definition) is 11. The van der Waals surface area contributed by atoms with Crippen LogP contribution in [0.3, 0.4) is 0 Å². The first-order valence-corrected chi connectivity index (χ1v) is 13.9. The number of carbonyl (C=O) groups is 3. The monoisotopic (exact) mass is 578 g/mol. The molecule has 194 valence electrons. The Kier molecular flexibility index (Phi) is 8.57. The third kappa shape index (κ3) is 7.22. The number of fused-ring (bicyclic) bond motifs is 1. The Bertz CT molecular complexity index is 1140. The topological polar surface area (TPSA) is 202 Å². The van der Waals surface area contributed by atoms with Crippen LogP contribution >= 0.6 is 35.3 Å². The molecule has 0 radical (unpaired) electrons. The average Bonchev–Trinajstić information content (AvgIpc) is 3.19. The third-order valence-corrected chi connectivity index (χ3v) is 8.16. The summed E-state index contributed by atoms with van der Waals surface area (Å²) in [4.78, 5) is 37.2. The molecule has 1 unspecified atom stereocenters. The second kappa shape index (κ2) is 10.9. The first-order valence-electron chi connectivity index (χ1n) is 9.33. The second-order valence-corrected chi connectivity index (χ2v) is 11.3. The number of thioether (sulfide) groups is 3. The van der Waals surface area contributed by atoms with Gasteiger partial charge < -0.3 is 10.4 Å². The van der Waals surface area contributed by atoms with E-state index in [2.05, 4.69) is 25.6 Å². The Morgan fingerprint density at radius 2 is 2.06 bits per heavy atom. The molecule has 0 saturated carbocycles. The summed E-state index contributed by atoms with van der Waals surface area (Å²) in [5.74, 6) is -3.79. The number of hydrogen-bond donors (Lipinski definition) is 4. The Morgan fingerprint density at radius 3 is 2.69 bits per heavy atom. The van der Waals surface area contributed by atoms with E-state index in [-0.39, 0.29) is 35.4 Å². The lowest BCUT2D eigenvalue weighted by atomic mass is 10.0. The zero-order chi connectivity index (χ0) is 26.0. The molecule has 2 aliphatic heterocycles. The molecule has 3 rings (SSSR count). The number of tetrazole rings is 1. The molecular formula is C14H17F3N8O6S4. The number of nitrogens with two attached hydrogens (primary N) is 1. The molecular weight excluding hydrogens is 561 g/mol. The van der Waals surface area contributed by atoms with Crippen molar-refractivity contribution in [3.05, 3.63) is 11.3 Å². The molecule has 2 atom stereocenters. The van der Waals surface area contributed by atoms with Crippen molar-refractivity contribution in [2.45, 2.75) is 28.6 Å². The molecule has 1 saturated heterocycles. The number of alkyl halides is 3. The SMILES string of the molecule is NS(=O)(=O)NCCn1nnnc1SCC1=C(C(=O)O)N2C(=O)C(NC(=O)CSC(F)(F)F)[C@H]2SC1. The Balaban J connectivity index is 1.63. The maximum Gasteiger partial charge on any atom is 0.442 e. The van der Waals surface area contributed by atoms with Crippen LogP contribution in [0.15, 0.2) is 16.4 Å². The number of nitrogens with zero attached hydrogens (tertiary/aromatic N) is 5. The van der Waals surface area contributed by atoms with E-state index in [1.165, 1.54) is 4.68 Å². The summed E-state index contributed by atoms with van der Waals surface area (Å²) in [7, 11) is -3.90. The van der Waals surface area contributed by atoms with Crippen molar-refractivity contribution in [2.24, 2.45) is 5.14 Å². The van der Waals surface area contributed by atoms with Crippen molar-refractivity contribution in [1.29, 1.82) is 0 Å². The molecule has 14 nitrogen and oxygen atoms in total. The summed E-state index contributed by atoms with van der Waals surface area (Å²) >= 11 is 1.67. The van der Waals surface area contributed by atoms with Gasteiger partial charge in [0.2, 0.25) is 11.1 Å². The molecule has 21 heteroatoms. The highest BCUT2D eigenvalue weighted by molar-refractivity contribution is 8.01. The van der Waals surface area contributed by atoms with Crippen molar-refractivity contribution in [3.63, 3.8) is 0 Å². The molecule has 1 aromatic heterocycles. The van der Waals surface area contributed by atoms with E-state index in [1.807, 2.05) is 0 Å². The largest absolute Gasteiger partial charge is 0.477 e. The fraction of sp³-hybridized carbons (Fsp3) is 0.571. The number of nitrogens with one attached hydrogen (secondary N) is 2. The van der Waals surface area contributed by atoms with Crippen LogP contribution in [0.5, 0.6) is 0 Å². The third-order valence-electron chi connectivity index (χ3n) is 4.43. The fourth-order valence-electron chi connectivity index (χ4n) is 3.04. The summed E-state index contributed by atoms with van der Waals surface area (Å²) < 4.78 is 62.1. The fourth-order valence-corrected chi connectivity index (χ4v) is 6.18. The van der Waals surface area contributed by atoms with Gasteiger partial charge in [-0.25, -0.2) is 19.3 Å². The van der Waals surface area contributed by atoms with Crippen LogP contribution in [0.2, 0.25) is 0 Å². The molecule has 0 spiro atoms. The van der Waals surface area contributed by atoms with Gasteiger partial charge in [0.05, 0.1) is 12.3 Å². The smallest absolute Gasteiger partial charge is 0.442 e. The minimum atomic E-state index is -4.60. The van der Waals surface area contributed by atoms with Crippen molar-refractivity contribution in [1.82, 2.24) is 35.1 Å². The minimum absolute atomic E-state index is 0.0477. The number of aliphatic carboxylic acids is 1. The van der Waals surface area contributed by atoms with Crippen molar-refractivity contribution >= 4 is 63.3 Å². The van der Waals surface area contributed by atoms with Crippen LogP contribution in [0.1, 0.15) is 0 Å². The molecule has 0 aromatic carbocycles. The molecule has 1 fully saturated rings. The van der Waals surface area contributed by atoms with Crippen LogP contribution in [0.25, 0.3) is 0 Å². The molecule has 2 amide bonds. The van der Waals surface area contributed by atoms with E-state index in [1.54, 1.807) is 0 Å². The van der Waals surface area contributed by atoms with E-state index in [9.17, 15) is 41.1 Å². The zero-order valence-electron chi connectivity index (χ0n) is 17.3. The summed E-state index contributed by atoms with van der Waals surface area (Å²) in [6.45, 7) is -0.0407. The van der Waals surface area contributed by atoms with Gasteiger partial charge in [0.15, 0.2) is 0 Å². The van der Waals surface area contributed by atoms with E-state index in [0.29, 0.717) is 5.57 Å². The van der Waals surface area contributed by atoms with Gasteiger partial charge in [0.1, 0.15) is 17.1 Å². The first-order chi connectivity index (χ1) is 16.3. The van der Waals surface area contributed by atoms with Gasteiger partial charge in [-0.15, -0.1) is 16.9 Å². The van der Waals surface area contributed by atoms with Gasteiger partial charge in [-0.05, 0) is 27.8 Å². The van der Waals surface area contributed by atoms with Crippen LogP contribution in [-0.2, 0) is 31.1 Å². The van der Waals surface area contributed by atoms with E-state index < -0.39 is 62.4 Å². The standard InChI is InChI=1S/C14H17F3N8O6S4/c15-14(16,17)34-5-7(26)20-8-10(27)25-9(12(28)29)6(3-32-11(8)25)4-33-13-21-22-23-24(13)2-1-19-35(18,30)31/h8,11,19H,1-5H2,(H,20,26)(H,28,29)(H2,18,30,31)/t8?,11-/m1/s1. The minimum Gasteiger partial charge on any atom is -0.477 e. The molecule has 0 aliphatic carbocycles. The lowest BCUT2D eigenvalue weighted by molar-refractivity contribution is -0.150. The van der Waals surface area contributed by atoms with Crippen molar-refractivity contribution in [3.8, 4) is 0 Å². The number of amides is 2. The molecule has 5 N–H and O–H groups in total. The molecule has 2 aliphatic rings.